The summed E-state index contributed by atoms with van der Waals surface area (Å²) in [6.07, 6.45) is 1.56. The maximum atomic E-state index is 12.5. The van der Waals surface area contributed by atoms with E-state index in [1.807, 2.05) is 0 Å². The highest BCUT2D eigenvalue weighted by atomic mass is 32.2. The third kappa shape index (κ3) is 3.61. The molecule has 1 aromatic carbocycles. The van der Waals surface area contributed by atoms with Crippen molar-refractivity contribution in [2.45, 2.75) is 17.7 Å². The molecule has 1 heterocycles. The zero-order valence-corrected chi connectivity index (χ0v) is 12.7. The van der Waals surface area contributed by atoms with E-state index in [-0.39, 0.29) is 10.5 Å². The molecule has 116 valence electrons. The summed E-state index contributed by atoms with van der Waals surface area (Å²) in [4.78, 5) is 10.9. The van der Waals surface area contributed by atoms with E-state index in [0.29, 0.717) is 25.6 Å². The molecule has 0 aromatic heterocycles. The number of hydrogen-bond donors (Lipinski definition) is 1. The van der Waals surface area contributed by atoms with Crippen LogP contribution in [0.25, 0.3) is 0 Å². The first-order valence-corrected chi connectivity index (χ1v) is 8.21. The van der Waals surface area contributed by atoms with Gasteiger partial charge in [-0.25, -0.2) is 13.2 Å². The second kappa shape index (κ2) is 6.55. The summed E-state index contributed by atoms with van der Waals surface area (Å²) in [7, 11) is -1.90. The molecule has 0 atom stereocenters. The molecule has 1 aromatic rings. The Morgan fingerprint density at radius 1 is 1.29 bits per heavy atom. The predicted molar refractivity (Wildman–Crippen MR) is 76.8 cm³/mol. The summed E-state index contributed by atoms with van der Waals surface area (Å²) in [6, 6.07) is 5.32. The second-order valence-electron chi connectivity index (χ2n) is 5.13. The minimum Gasteiger partial charge on any atom is -0.478 e. The molecule has 0 saturated carbocycles. The van der Waals surface area contributed by atoms with Gasteiger partial charge in [-0.2, -0.15) is 4.31 Å². The highest BCUT2D eigenvalue weighted by Crippen LogP contribution is 2.24. The maximum Gasteiger partial charge on any atom is 0.335 e. The average Bonchev–Trinajstić information content (AvgIpc) is 2.48. The Morgan fingerprint density at radius 3 is 2.33 bits per heavy atom. The molecule has 6 nitrogen and oxygen atoms in total. The normalized spacial score (nSPS) is 17.8. The lowest BCUT2D eigenvalue weighted by atomic mass is 9.99. The van der Waals surface area contributed by atoms with Crippen LogP contribution in [-0.2, 0) is 14.8 Å². The summed E-state index contributed by atoms with van der Waals surface area (Å²) < 4.78 is 31.5. The molecule has 1 aliphatic rings. The Bertz CT molecular complexity index is 588. The number of nitrogens with zero attached hydrogens (tertiary/aromatic N) is 1. The number of rotatable bonds is 5. The fourth-order valence-corrected chi connectivity index (χ4v) is 3.94. The highest BCUT2D eigenvalue weighted by molar-refractivity contribution is 7.89. The van der Waals surface area contributed by atoms with E-state index < -0.39 is 16.0 Å². The van der Waals surface area contributed by atoms with Crippen molar-refractivity contribution in [2.24, 2.45) is 5.92 Å². The molecule has 0 amide bonds. The summed E-state index contributed by atoms with van der Waals surface area (Å²) >= 11 is 0. The molecular weight excluding hydrogens is 294 g/mol. The smallest absolute Gasteiger partial charge is 0.335 e. The van der Waals surface area contributed by atoms with E-state index in [9.17, 15) is 13.2 Å². The number of ether oxygens (including phenoxy) is 1. The first-order chi connectivity index (χ1) is 9.95. The van der Waals surface area contributed by atoms with E-state index >= 15 is 0 Å². The number of carboxylic acid groups (broad SMARTS) is 1. The molecule has 0 aliphatic carbocycles. The quantitative estimate of drug-likeness (QED) is 0.889. The van der Waals surface area contributed by atoms with Crippen molar-refractivity contribution >= 4 is 16.0 Å². The minimum atomic E-state index is -3.54. The lowest BCUT2D eigenvalue weighted by Gasteiger charge is -2.30. The number of aromatic carboxylic acids is 1. The van der Waals surface area contributed by atoms with Gasteiger partial charge in [-0.3, -0.25) is 0 Å². The van der Waals surface area contributed by atoms with Gasteiger partial charge >= 0.3 is 5.97 Å². The summed E-state index contributed by atoms with van der Waals surface area (Å²) in [6.45, 7) is 1.59. The van der Waals surface area contributed by atoms with E-state index in [0.717, 1.165) is 12.8 Å². The molecule has 1 N–H and O–H groups in total. The number of methoxy groups -OCH3 is 1. The van der Waals surface area contributed by atoms with Gasteiger partial charge in [-0.1, -0.05) is 0 Å². The molecule has 21 heavy (non-hydrogen) atoms. The summed E-state index contributed by atoms with van der Waals surface area (Å²) in [5, 5.41) is 8.84. The van der Waals surface area contributed by atoms with Crippen LogP contribution in [0.2, 0.25) is 0 Å². The largest absolute Gasteiger partial charge is 0.478 e. The van der Waals surface area contributed by atoms with E-state index in [2.05, 4.69) is 0 Å². The van der Waals surface area contributed by atoms with Crippen LogP contribution < -0.4 is 0 Å². The van der Waals surface area contributed by atoms with Crippen molar-refractivity contribution < 1.29 is 23.1 Å². The van der Waals surface area contributed by atoms with Crippen LogP contribution in [0.1, 0.15) is 23.2 Å². The Hall–Kier alpha value is -1.44. The molecule has 1 aliphatic heterocycles. The van der Waals surface area contributed by atoms with Gasteiger partial charge in [0.25, 0.3) is 0 Å². The van der Waals surface area contributed by atoms with Gasteiger partial charge in [0.15, 0.2) is 0 Å². The second-order valence-corrected chi connectivity index (χ2v) is 7.07. The maximum absolute atomic E-state index is 12.5. The van der Waals surface area contributed by atoms with Gasteiger partial charge < -0.3 is 9.84 Å². The van der Waals surface area contributed by atoms with Gasteiger partial charge in [-0.15, -0.1) is 0 Å². The Labute approximate surface area is 124 Å². The molecule has 7 heteroatoms. The fourth-order valence-electron chi connectivity index (χ4n) is 2.47. The third-order valence-corrected chi connectivity index (χ3v) is 5.63. The zero-order chi connectivity index (χ0) is 15.5. The first kappa shape index (κ1) is 15.9. The average molecular weight is 313 g/mol. The number of hydrogen-bond acceptors (Lipinski definition) is 4. The van der Waals surface area contributed by atoms with Gasteiger partial charge in [0.2, 0.25) is 10.0 Å². The molecule has 0 radical (unpaired) electrons. The Morgan fingerprint density at radius 2 is 1.86 bits per heavy atom. The van der Waals surface area contributed by atoms with Gasteiger partial charge in [0.1, 0.15) is 0 Å². The van der Waals surface area contributed by atoms with Crippen LogP contribution in [0.15, 0.2) is 29.2 Å². The molecule has 0 spiro atoms. The number of carboxylic acids is 1. The topological polar surface area (TPSA) is 83.9 Å². The van der Waals surface area contributed by atoms with Crippen molar-refractivity contribution in [3.05, 3.63) is 29.8 Å². The van der Waals surface area contributed by atoms with Crippen LogP contribution in [0.4, 0.5) is 0 Å². The molecule has 1 fully saturated rings. The third-order valence-electron chi connectivity index (χ3n) is 3.71. The minimum absolute atomic E-state index is 0.0766. The number of sulfonamides is 1. The van der Waals surface area contributed by atoms with Crippen LogP contribution in [-0.4, -0.2) is 50.6 Å². The number of benzene rings is 1. The number of carbonyl (C=O) groups is 1. The lowest BCUT2D eigenvalue weighted by molar-refractivity contribution is 0.0696. The van der Waals surface area contributed by atoms with Gasteiger partial charge in [-0.05, 0) is 43.0 Å². The van der Waals surface area contributed by atoms with E-state index in [1.165, 1.54) is 28.6 Å². The standard InChI is InChI=1S/C14H19NO5S/c1-20-10-11-6-8-15(9-7-11)21(18,19)13-4-2-12(3-5-13)14(16)17/h2-5,11H,6-10H2,1H3,(H,16,17). The van der Waals surface area contributed by atoms with Crippen LogP contribution in [0.3, 0.4) is 0 Å². The molecule has 2 rings (SSSR count). The van der Waals surface area contributed by atoms with Gasteiger partial charge in [0, 0.05) is 26.8 Å². The van der Waals surface area contributed by atoms with Crippen molar-refractivity contribution in [3.8, 4) is 0 Å². The van der Waals surface area contributed by atoms with Crippen molar-refractivity contribution in [3.63, 3.8) is 0 Å². The zero-order valence-electron chi connectivity index (χ0n) is 11.9. The lowest BCUT2D eigenvalue weighted by Crippen LogP contribution is -2.39. The van der Waals surface area contributed by atoms with Crippen molar-refractivity contribution in [2.75, 3.05) is 26.8 Å². The van der Waals surface area contributed by atoms with E-state index in [1.54, 1.807) is 7.11 Å². The molecular formula is C14H19NO5S. The fraction of sp³-hybridized carbons (Fsp3) is 0.500. The van der Waals surface area contributed by atoms with Crippen molar-refractivity contribution in [1.29, 1.82) is 0 Å². The van der Waals surface area contributed by atoms with Gasteiger partial charge in [0.05, 0.1) is 10.5 Å². The van der Waals surface area contributed by atoms with Crippen molar-refractivity contribution in [1.82, 2.24) is 4.31 Å². The predicted octanol–water partition coefficient (Wildman–Crippen LogP) is 1.43. The molecule has 0 bridgehead atoms. The first-order valence-electron chi connectivity index (χ1n) is 6.77. The summed E-state index contributed by atoms with van der Waals surface area (Å²) in [5.41, 5.74) is 0.0766. The van der Waals surface area contributed by atoms with Crippen LogP contribution in [0, 0.1) is 5.92 Å². The molecule has 1 saturated heterocycles. The van der Waals surface area contributed by atoms with Crippen LogP contribution >= 0.6 is 0 Å². The van der Waals surface area contributed by atoms with E-state index in [4.69, 9.17) is 9.84 Å². The van der Waals surface area contributed by atoms with Crippen LogP contribution in [0.5, 0.6) is 0 Å². The highest BCUT2D eigenvalue weighted by Gasteiger charge is 2.29. The Balaban J connectivity index is 2.10. The number of piperidine rings is 1. The molecule has 0 unspecified atom stereocenters. The Kier molecular flexibility index (Phi) is 4.97. The SMILES string of the molecule is COCC1CCN(S(=O)(=O)c2ccc(C(=O)O)cc2)CC1. The summed E-state index contributed by atoms with van der Waals surface area (Å²) in [5.74, 6) is -0.671. The monoisotopic (exact) mass is 313 g/mol.